The Morgan fingerprint density at radius 3 is 2.16 bits per heavy atom. The van der Waals surface area contributed by atoms with Crippen LogP contribution in [0.2, 0.25) is 0 Å². The minimum Gasteiger partial charge on any atom is -0.497 e. The third-order valence-corrected chi connectivity index (χ3v) is 3.75. The van der Waals surface area contributed by atoms with Crippen LogP contribution in [0.25, 0.3) is 0 Å². The molecule has 0 saturated heterocycles. The Kier molecular flexibility index (Phi) is 6.83. The summed E-state index contributed by atoms with van der Waals surface area (Å²) >= 11 is 0. The molecule has 0 aliphatic heterocycles. The Morgan fingerprint density at radius 2 is 1.56 bits per heavy atom. The van der Waals surface area contributed by atoms with Crippen LogP contribution < -0.4 is 20.7 Å². The molecule has 0 aliphatic rings. The maximum absolute atomic E-state index is 11.8. The fourth-order valence-electron chi connectivity index (χ4n) is 2.28. The fourth-order valence-corrected chi connectivity index (χ4v) is 2.28. The van der Waals surface area contributed by atoms with Gasteiger partial charge in [0.25, 0.3) is 5.91 Å². The lowest BCUT2D eigenvalue weighted by molar-refractivity contribution is 0.0963. The van der Waals surface area contributed by atoms with E-state index in [0.717, 1.165) is 23.3 Å². The van der Waals surface area contributed by atoms with E-state index in [1.54, 1.807) is 26.3 Å². The Hall–Kier alpha value is -3.02. The number of rotatable bonds is 7. The number of methoxy groups -OCH3 is 1. The van der Waals surface area contributed by atoms with Crippen LogP contribution in [0, 0.1) is 0 Å². The Bertz CT molecular complexity index is 697. The molecule has 2 rings (SSSR count). The first-order valence-electron chi connectivity index (χ1n) is 8.08. The van der Waals surface area contributed by atoms with Crippen molar-refractivity contribution in [2.45, 2.75) is 13.0 Å². The highest BCUT2D eigenvalue weighted by atomic mass is 16.5. The molecule has 132 valence electrons. The van der Waals surface area contributed by atoms with Gasteiger partial charge in [0, 0.05) is 25.7 Å². The molecule has 0 spiro atoms. The number of nitrogens with one attached hydrogen (secondary N) is 3. The maximum atomic E-state index is 11.8. The Labute approximate surface area is 147 Å². The van der Waals surface area contributed by atoms with E-state index in [1.807, 2.05) is 36.4 Å². The molecule has 0 saturated carbocycles. The van der Waals surface area contributed by atoms with Gasteiger partial charge in [-0.2, -0.15) is 0 Å². The van der Waals surface area contributed by atoms with Gasteiger partial charge in [-0.25, -0.2) is 4.79 Å². The first-order valence-corrected chi connectivity index (χ1v) is 8.08. The molecule has 3 amide bonds. The zero-order chi connectivity index (χ0) is 18.1. The van der Waals surface area contributed by atoms with E-state index in [4.69, 9.17) is 4.74 Å². The highest BCUT2D eigenvalue weighted by molar-refractivity contribution is 5.93. The standard InChI is InChI=1S/C19H23N3O3/c1-20-18(23)16-7-3-15(4-8-16)13-22-19(24)21-12-11-14-5-9-17(25-2)10-6-14/h3-10H,11-13H2,1-2H3,(H,20,23)(H2,21,22,24). The number of hydrogen-bond acceptors (Lipinski definition) is 3. The molecule has 0 bridgehead atoms. The summed E-state index contributed by atoms with van der Waals surface area (Å²) < 4.78 is 5.11. The molecule has 3 N–H and O–H groups in total. The van der Waals surface area contributed by atoms with Gasteiger partial charge in [-0.15, -0.1) is 0 Å². The molecular formula is C19H23N3O3. The molecule has 2 aromatic carbocycles. The molecule has 0 radical (unpaired) electrons. The monoisotopic (exact) mass is 341 g/mol. The van der Waals surface area contributed by atoms with Crippen LogP contribution >= 0.6 is 0 Å². The van der Waals surface area contributed by atoms with Crippen molar-refractivity contribution in [1.82, 2.24) is 16.0 Å². The summed E-state index contributed by atoms with van der Waals surface area (Å²) in [6, 6.07) is 14.7. The molecule has 0 heterocycles. The first-order chi connectivity index (χ1) is 12.1. The average molecular weight is 341 g/mol. The van der Waals surface area contributed by atoms with Crippen molar-refractivity contribution in [2.24, 2.45) is 0 Å². The van der Waals surface area contributed by atoms with Crippen LogP contribution in [0.4, 0.5) is 4.79 Å². The summed E-state index contributed by atoms with van der Waals surface area (Å²) in [5.41, 5.74) is 2.65. The van der Waals surface area contributed by atoms with E-state index in [0.29, 0.717) is 18.7 Å². The van der Waals surface area contributed by atoms with Crippen molar-refractivity contribution in [3.05, 3.63) is 65.2 Å². The summed E-state index contributed by atoms with van der Waals surface area (Å²) in [5.74, 6) is 0.688. The van der Waals surface area contributed by atoms with E-state index >= 15 is 0 Å². The van der Waals surface area contributed by atoms with Gasteiger partial charge in [-0.05, 0) is 41.8 Å². The number of carbonyl (C=O) groups is 2. The number of carbonyl (C=O) groups excluding carboxylic acids is 2. The summed E-state index contributed by atoms with van der Waals surface area (Å²) in [6.45, 7) is 0.955. The predicted molar refractivity (Wildman–Crippen MR) is 96.8 cm³/mol. The quantitative estimate of drug-likeness (QED) is 0.721. The number of ether oxygens (including phenoxy) is 1. The Balaban J connectivity index is 1.70. The number of amides is 3. The second kappa shape index (κ2) is 9.32. The SMILES string of the molecule is CNC(=O)c1ccc(CNC(=O)NCCc2ccc(OC)cc2)cc1. The predicted octanol–water partition coefficient (Wildman–Crippen LogP) is 2.10. The lowest BCUT2D eigenvalue weighted by Crippen LogP contribution is -2.36. The number of benzene rings is 2. The molecule has 6 heteroatoms. The topological polar surface area (TPSA) is 79.5 Å². The highest BCUT2D eigenvalue weighted by Crippen LogP contribution is 2.11. The van der Waals surface area contributed by atoms with Crippen LogP contribution in [-0.2, 0) is 13.0 Å². The minimum atomic E-state index is -0.219. The van der Waals surface area contributed by atoms with Crippen molar-refractivity contribution in [1.29, 1.82) is 0 Å². The highest BCUT2D eigenvalue weighted by Gasteiger charge is 2.04. The third-order valence-electron chi connectivity index (χ3n) is 3.75. The molecule has 0 unspecified atom stereocenters. The van der Waals surface area contributed by atoms with E-state index in [9.17, 15) is 9.59 Å². The minimum absolute atomic E-state index is 0.129. The molecule has 2 aromatic rings. The van der Waals surface area contributed by atoms with Crippen molar-refractivity contribution < 1.29 is 14.3 Å². The van der Waals surface area contributed by atoms with Crippen LogP contribution in [-0.4, -0.2) is 32.6 Å². The van der Waals surface area contributed by atoms with Gasteiger partial charge in [0.1, 0.15) is 5.75 Å². The zero-order valence-electron chi connectivity index (χ0n) is 14.5. The van der Waals surface area contributed by atoms with Crippen LogP contribution in [0.1, 0.15) is 21.5 Å². The molecule has 0 fully saturated rings. The zero-order valence-corrected chi connectivity index (χ0v) is 14.5. The number of hydrogen-bond donors (Lipinski definition) is 3. The molecule has 6 nitrogen and oxygen atoms in total. The van der Waals surface area contributed by atoms with Crippen molar-refractivity contribution >= 4 is 11.9 Å². The second-order valence-electron chi connectivity index (χ2n) is 5.48. The van der Waals surface area contributed by atoms with Gasteiger partial charge in [0.15, 0.2) is 0 Å². The molecule has 0 atom stereocenters. The van der Waals surface area contributed by atoms with Gasteiger partial charge in [-0.1, -0.05) is 24.3 Å². The van der Waals surface area contributed by atoms with Gasteiger partial charge < -0.3 is 20.7 Å². The van der Waals surface area contributed by atoms with Crippen molar-refractivity contribution in [3.8, 4) is 5.75 Å². The Morgan fingerprint density at radius 1 is 0.920 bits per heavy atom. The molecular weight excluding hydrogens is 318 g/mol. The smallest absolute Gasteiger partial charge is 0.315 e. The maximum Gasteiger partial charge on any atom is 0.315 e. The van der Waals surface area contributed by atoms with E-state index < -0.39 is 0 Å². The van der Waals surface area contributed by atoms with Crippen molar-refractivity contribution in [2.75, 3.05) is 20.7 Å². The molecule has 25 heavy (non-hydrogen) atoms. The molecule has 0 aliphatic carbocycles. The first kappa shape index (κ1) is 18.3. The third kappa shape index (κ3) is 5.84. The summed E-state index contributed by atoms with van der Waals surface area (Å²) in [7, 11) is 3.22. The van der Waals surface area contributed by atoms with Gasteiger partial charge in [-0.3, -0.25) is 4.79 Å². The van der Waals surface area contributed by atoms with Crippen LogP contribution in [0.3, 0.4) is 0 Å². The fraction of sp³-hybridized carbons (Fsp3) is 0.263. The lowest BCUT2D eigenvalue weighted by Gasteiger charge is -2.09. The van der Waals surface area contributed by atoms with Crippen molar-refractivity contribution in [3.63, 3.8) is 0 Å². The van der Waals surface area contributed by atoms with E-state index in [-0.39, 0.29) is 11.9 Å². The van der Waals surface area contributed by atoms with Gasteiger partial charge in [0.2, 0.25) is 0 Å². The van der Waals surface area contributed by atoms with E-state index in [1.165, 1.54) is 0 Å². The number of urea groups is 1. The summed E-state index contributed by atoms with van der Waals surface area (Å²) in [6.07, 6.45) is 0.748. The second-order valence-corrected chi connectivity index (χ2v) is 5.48. The summed E-state index contributed by atoms with van der Waals surface area (Å²) in [4.78, 5) is 23.3. The van der Waals surface area contributed by atoms with E-state index in [2.05, 4.69) is 16.0 Å². The van der Waals surface area contributed by atoms with Gasteiger partial charge >= 0.3 is 6.03 Å². The van der Waals surface area contributed by atoms with Gasteiger partial charge in [0.05, 0.1) is 7.11 Å². The largest absolute Gasteiger partial charge is 0.497 e. The molecule has 0 aromatic heterocycles. The lowest BCUT2D eigenvalue weighted by atomic mass is 10.1. The normalized spacial score (nSPS) is 10.0. The average Bonchev–Trinajstić information content (AvgIpc) is 2.66. The summed E-state index contributed by atoms with van der Waals surface area (Å²) in [5, 5.41) is 8.19. The van der Waals surface area contributed by atoms with Crippen LogP contribution in [0.15, 0.2) is 48.5 Å². The van der Waals surface area contributed by atoms with Crippen LogP contribution in [0.5, 0.6) is 5.75 Å².